The second-order valence-corrected chi connectivity index (χ2v) is 4.97. The first-order chi connectivity index (χ1) is 11.1. The summed E-state index contributed by atoms with van der Waals surface area (Å²) in [6.07, 6.45) is -0.234. The molecule has 0 spiro atoms. The minimum Gasteiger partial charge on any atom is -0.461 e. The van der Waals surface area contributed by atoms with Gasteiger partial charge in [-0.05, 0) is 18.1 Å². The quantitative estimate of drug-likeness (QED) is 0.326. The Morgan fingerprint density at radius 3 is 2.43 bits per heavy atom. The molecule has 0 aliphatic rings. The molecule has 2 aromatic carbocycles. The number of para-hydroxylation sites is 1. The van der Waals surface area contributed by atoms with Crippen LogP contribution < -0.4 is 4.74 Å². The molecule has 0 aliphatic carbocycles. The van der Waals surface area contributed by atoms with Gasteiger partial charge in [0.1, 0.15) is 5.75 Å². The number of hydrogen-bond donors (Lipinski definition) is 0. The molecule has 0 saturated heterocycles. The smallest absolute Gasteiger partial charge is 0.368 e. The summed E-state index contributed by atoms with van der Waals surface area (Å²) in [5, 5.41) is 0. The standard InChI is InChI=1S/C19H20O4/c1-4-14(2)19(20)23-22-15(3)21-18-13-9-8-12-17(18)16-10-6-5-7-11-16/h5-13,15H,2,4H2,1,3H3. The summed E-state index contributed by atoms with van der Waals surface area (Å²) >= 11 is 0. The maximum atomic E-state index is 11.5. The van der Waals surface area contributed by atoms with Gasteiger partial charge in [0.05, 0.1) is 0 Å². The van der Waals surface area contributed by atoms with Crippen molar-refractivity contribution in [3.05, 3.63) is 66.7 Å². The third-order valence-corrected chi connectivity index (χ3v) is 3.24. The van der Waals surface area contributed by atoms with Crippen LogP contribution in [-0.2, 0) is 14.6 Å². The summed E-state index contributed by atoms with van der Waals surface area (Å²) in [6, 6.07) is 17.5. The Morgan fingerprint density at radius 1 is 1.09 bits per heavy atom. The van der Waals surface area contributed by atoms with Crippen LogP contribution in [-0.4, -0.2) is 12.3 Å². The number of hydrogen-bond acceptors (Lipinski definition) is 4. The SMILES string of the molecule is C=C(CC)C(=O)OOC(C)Oc1ccccc1-c1ccccc1. The minimum absolute atomic E-state index is 0.349. The fourth-order valence-electron chi connectivity index (χ4n) is 1.94. The third kappa shape index (κ3) is 4.69. The average molecular weight is 312 g/mol. The highest BCUT2D eigenvalue weighted by atomic mass is 17.2. The van der Waals surface area contributed by atoms with Gasteiger partial charge in [-0.1, -0.05) is 62.0 Å². The van der Waals surface area contributed by atoms with Crippen LogP contribution in [0.3, 0.4) is 0 Å². The Hall–Kier alpha value is -2.59. The summed E-state index contributed by atoms with van der Waals surface area (Å²) < 4.78 is 5.73. The van der Waals surface area contributed by atoms with E-state index in [1.165, 1.54) is 0 Å². The summed E-state index contributed by atoms with van der Waals surface area (Å²) in [6.45, 7) is 7.07. The summed E-state index contributed by atoms with van der Waals surface area (Å²) in [5.74, 6) is 0.0656. The second kappa shape index (κ2) is 8.15. The van der Waals surface area contributed by atoms with E-state index in [0.29, 0.717) is 17.7 Å². The lowest BCUT2D eigenvalue weighted by Crippen LogP contribution is -2.20. The molecule has 120 valence electrons. The van der Waals surface area contributed by atoms with Gasteiger partial charge in [-0.25, -0.2) is 4.79 Å². The van der Waals surface area contributed by atoms with E-state index in [-0.39, 0.29) is 0 Å². The van der Waals surface area contributed by atoms with E-state index in [1.54, 1.807) is 6.92 Å². The molecule has 0 fully saturated rings. The van der Waals surface area contributed by atoms with Crippen LogP contribution in [0.15, 0.2) is 66.7 Å². The zero-order valence-electron chi connectivity index (χ0n) is 13.3. The summed E-state index contributed by atoms with van der Waals surface area (Å²) in [5.41, 5.74) is 2.32. The number of carbonyl (C=O) groups excluding carboxylic acids is 1. The fourth-order valence-corrected chi connectivity index (χ4v) is 1.94. The Bertz CT molecular complexity index is 664. The van der Waals surface area contributed by atoms with Gasteiger partial charge in [0.25, 0.3) is 0 Å². The van der Waals surface area contributed by atoms with Gasteiger partial charge >= 0.3 is 5.97 Å². The highest BCUT2D eigenvalue weighted by Crippen LogP contribution is 2.30. The van der Waals surface area contributed by atoms with Crippen molar-refractivity contribution < 1.29 is 19.3 Å². The molecule has 0 aliphatic heterocycles. The zero-order chi connectivity index (χ0) is 16.7. The molecule has 0 bridgehead atoms. The molecule has 2 rings (SSSR count). The largest absolute Gasteiger partial charge is 0.461 e. The Morgan fingerprint density at radius 2 is 1.74 bits per heavy atom. The van der Waals surface area contributed by atoms with Crippen LogP contribution in [0.25, 0.3) is 11.1 Å². The molecule has 2 aromatic rings. The second-order valence-electron chi connectivity index (χ2n) is 4.97. The average Bonchev–Trinajstić information content (AvgIpc) is 2.60. The van der Waals surface area contributed by atoms with Crippen molar-refractivity contribution in [1.82, 2.24) is 0 Å². The highest BCUT2D eigenvalue weighted by Gasteiger charge is 2.14. The van der Waals surface area contributed by atoms with Gasteiger partial charge in [0.2, 0.25) is 6.29 Å². The van der Waals surface area contributed by atoms with Crippen molar-refractivity contribution in [2.24, 2.45) is 0 Å². The lowest BCUT2D eigenvalue weighted by molar-refractivity contribution is -0.327. The molecule has 0 saturated carbocycles. The maximum absolute atomic E-state index is 11.5. The van der Waals surface area contributed by atoms with Crippen molar-refractivity contribution >= 4 is 5.97 Å². The molecule has 1 unspecified atom stereocenters. The Labute approximate surface area is 136 Å². The van der Waals surface area contributed by atoms with Crippen LogP contribution >= 0.6 is 0 Å². The van der Waals surface area contributed by atoms with Crippen LogP contribution in [0.4, 0.5) is 0 Å². The monoisotopic (exact) mass is 312 g/mol. The molecule has 0 heterocycles. The van der Waals surface area contributed by atoms with E-state index in [4.69, 9.17) is 14.5 Å². The molecule has 4 heteroatoms. The molecule has 23 heavy (non-hydrogen) atoms. The van der Waals surface area contributed by atoms with E-state index < -0.39 is 12.3 Å². The lowest BCUT2D eigenvalue weighted by atomic mass is 10.1. The van der Waals surface area contributed by atoms with E-state index in [1.807, 2.05) is 61.5 Å². The number of ether oxygens (including phenoxy) is 1. The van der Waals surface area contributed by atoms with Gasteiger partial charge in [-0.2, -0.15) is 0 Å². The van der Waals surface area contributed by atoms with Crippen LogP contribution in [0.1, 0.15) is 20.3 Å². The minimum atomic E-state index is -0.742. The summed E-state index contributed by atoms with van der Waals surface area (Å²) in [7, 11) is 0. The van der Waals surface area contributed by atoms with Crippen molar-refractivity contribution in [1.29, 1.82) is 0 Å². The molecule has 0 radical (unpaired) electrons. The zero-order valence-corrected chi connectivity index (χ0v) is 13.3. The Kier molecular flexibility index (Phi) is 5.94. The lowest BCUT2D eigenvalue weighted by Gasteiger charge is -2.16. The Balaban J connectivity index is 2.03. The highest BCUT2D eigenvalue weighted by molar-refractivity contribution is 5.87. The van der Waals surface area contributed by atoms with Crippen molar-refractivity contribution in [2.75, 3.05) is 0 Å². The predicted octanol–water partition coefficient (Wildman–Crippen LogP) is 4.52. The molecular formula is C19H20O4. The molecule has 4 nitrogen and oxygen atoms in total. The molecule has 0 N–H and O–H groups in total. The summed E-state index contributed by atoms with van der Waals surface area (Å²) in [4.78, 5) is 21.2. The van der Waals surface area contributed by atoms with Gasteiger partial charge in [-0.15, -0.1) is 4.89 Å². The number of benzene rings is 2. The van der Waals surface area contributed by atoms with Crippen molar-refractivity contribution in [3.63, 3.8) is 0 Å². The normalized spacial score (nSPS) is 11.6. The predicted molar refractivity (Wildman–Crippen MR) is 88.6 cm³/mol. The molecular weight excluding hydrogens is 292 g/mol. The van der Waals surface area contributed by atoms with E-state index >= 15 is 0 Å². The first-order valence-electron chi connectivity index (χ1n) is 7.48. The van der Waals surface area contributed by atoms with Crippen LogP contribution in [0.5, 0.6) is 5.75 Å². The molecule has 0 amide bonds. The first kappa shape index (κ1) is 16.8. The van der Waals surface area contributed by atoms with Gasteiger partial charge in [0.15, 0.2) is 0 Å². The fraction of sp³-hybridized carbons (Fsp3) is 0.211. The first-order valence-corrected chi connectivity index (χ1v) is 7.48. The molecule has 0 aromatic heterocycles. The van der Waals surface area contributed by atoms with E-state index in [2.05, 4.69) is 6.58 Å². The number of rotatable bonds is 7. The van der Waals surface area contributed by atoms with E-state index in [0.717, 1.165) is 11.1 Å². The third-order valence-electron chi connectivity index (χ3n) is 3.24. The van der Waals surface area contributed by atoms with Gasteiger partial charge < -0.3 is 4.74 Å². The van der Waals surface area contributed by atoms with Crippen LogP contribution in [0.2, 0.25) is 0 Å². The van der Waals surface area contributed by atoms with Gasteiger partial charge in [-0.3, -0.25) is 4.89 Å². The van der Waals surface area contributed by atoms with E-state index in [9.17, 15) is 4.79 Å². The van der Waals surface area contributed by atoms with Crippen LogP contribution in [0, 0.1) is 0 Å². The maximum Gasteiger partial charge on any atom is 0.368 e. The van der Waals surface area contributed by atoms with Crippen molar-refractivity contribution in [2.45, 2.75) is 26.6 Å². The van der Waals surface area contributed by atoms with Crippen molar-refractivity contribution in [3.8, 4) is 16.9 Å². The topological polar surface area (TPSA) is 44.8 Å². The number of carbonyl (C=O) groups is 1. The van der Waals surface area contributed by atoms with Gasteiger partial charge in [0, 0.05) is 18.1 Å². The molecule has 1 atom stereocenters.